The maximum absolute atomic E-state index is 11.5. The lowest BCUT2D eigenvalue weighted by atomic mass is 10.1. The van der Waals surface area contributed by atoms with E-state index in [9.17, 15) is 4.79 Å². The number of rotatable bonds is 4. The van der Waals surface area contributed by atoms with Crippen molar-refractivity contribution in [3.05, 3.63) is 29.3 Å². The quantitative estimate of drug-likeness (QED) is 0.494. The molecule has 21 heavy (non-hydrogen) atoms. The standard InChI is InChI=1S/C16H26N4O/c1-12-5-4-6-15(14(12)3)20-9-7-19(8-10-20)11-13(2)16(21)18-17/h4-6,13H,7-11,17H2,1-3H3,(H,18,21). The lowest BCUT2D eigenvalue weighted by Gasteiger charge is -2.37. The number of carbonyl (C=O) groups excluding carboxylic acids is 1. The molecule has 0 aromatic heterocycles. The predicted molar refractivity (Wildman–Crippen MR) is 86.1 cm³/mol. The van der Waals surface area contributed by atoms with Crippen LogP contribution in [0.15, 0.2) is 18.2 Å². The summed E-state index contributed by atoms with van der Waals surface area (Å²) >= 11 is 0. The highest BCUT2D eigenvalue weighted by Crippen LogP contribution is 2.23. The molecule has 1 aliphatic heterocycles. The van der Waals surface area contributed by atoms with Gasteiger partial charge in [0.2, 0.25) is 5.91 Å². The molecule has 116 valence electrons. The number of anilines is 1. The van der Waals surface area contributed by atoms with Gasteiger partial charge < -0.3 is 4.90 Å². The summed E-state index contributed by atoms with van der Waals surface area (Å²) in [6.45, 7) is 11.0. The van der Waals surface area contributed by atoms with Crippen molar-refractivity contribution in [3.8, 4) is 0 Å². The van der Waals surface area contributed by atoms with Gasteiger partial charge in [-0.15, -0.1) is 0 Å². The van der Waals surface area contributed by atoms with E-state index < -0.39 is 0 Å². The molecular formula is C16H26N4O. The fourth-order valence-corrected chi connectivity index (χ4v) is 2.86. The van der Waals surface area contributed by atoms with E-state index in [0.717, 1.165) is 32.7 Å². The van der Waals surface area contributed by atoms with Crippen LogP contribution in [0.1, 0.15) is 18.1 Å². The van der Waals surface area contributed by atoms with E-state index in [1.165, 1.54) is 16.8 Å². The summed E-state index contributed by atoms with van der Waals surface area (Å²) in [4.78, 5) is 16.3. The summed E-state index contributed by atoms with van der Waals surface area (Å²) in [5, 5.41) is 0. The summed E-state index contributed by atoms with van der Waals surface area (Å²) in [5.74, 6) is 5.02. The fourth-order valence-electron chi connectivity index (χ4n) is 2.86. The fraction of sp³-hybridized carbons (Fsp3) is 0.562. The van der Waals surface area contributed by atoms with Crippen molar-refractivity contribution in [2.24, 2.45) is 11.8 Å². The minimum atomic E-state index is -0.0908. The molecule has 5 heteroatoms. The summed E-state index contributed by atoms with van der Waals surface area (Å²) in [6, 6.07) is 6.47. The SMILES string of the molecule is Cc1cccc(N2CCN(CC(C)C(=O)NN)CC2)c1C. The molecule has 1 aromatic rings. The second-order valence-electron chi connectivity index (χ2n) is 5.92. The van der Waals surface area contributed by atoms with Gasteiger partial charge in [-0.05, 0) is 31.0 Å². The third kappa shape index (κ3) is 3.74. The highest BCUT2D eigenvalue weighted by Gasteiger charge is 2.22. The zero-order chi connectivity index (χ0) is 15.4. The predicted octanol–water partition coefficient (Wildman–Crippen LogP) is 1.05. The number of hydrazine groups is 1. The third-order valence-electron chi connectivity index (χ3n) is 4.41. The van der Waals surface area contributed by atoms with Gasteiger partial charge in [0, 0.05) is 44.3 Å². The van der Waals surface area contributed by atoms with E-state index in [-0.39, 0.29) is 11.8 Å². The number of nitrogens with two attached hydrogens (primary N) is 1. The highest BCUT2D eigenvalue weighted by atomic mass is 16.2. The molecule has 0 spiro atoms. The smallest absolute Gasteiger partial charge is 0.237 e. The molecule has 1 heterocycles. The third-order valence-corrected chi connectivity index (χ3v) is 4.41. The second-order valence-corrected chi connectivity index (χ2v) is 5.92. The van der Waals surface area contributed by atoms with Crippen LogP contribution in [0.2, 0.25) is 0 Å². The van der Waals surface area contributed by atoms with Crippen LogP contribution < -0.4 is 16.2 Å². The molecule has 0 saturated carbocycles. The molecule has 1 saturated heterocycles. The molecule has 2 rings (SSSR count). The first-order valence-electron chi connectivity index (χ1n) is 7.57. The van der Waals surface area contributed by atoms with E-state index >= 15 is 0 Å². The van der Waals surface area contributed by atoms with Gasteiger partial charge in [-0.3, -0.25) is 15.1 Å². The van der Waals surface area contributed by atoms with Crippen molar-refractivity contribution < 1.29 is 4.79 Å². The van der Waals surface area contributed by atoms with Crippen LogP contribution in [0.25, 0.3) is 0 Å². The van der Waals surface area contributed by atoms with Gasteiger partial charge in [-0.1, -0.05) is 19.1 Å². The number of aryl methyl sites for hydroxylation is 1. The number of benzene rings is 1. The van der Waals surface area contributed by atoms with Crippen LogP contribution in [-0.2, 0) is 4.79 Å². The van der Waals surface area contributed by atoms with Gasteiger partial charge in [0.1, 0.15) is 0 Å². The number of nitrogens with zero attached hydrogens (tertiary/aromatic N) is 2. The lowest BCUT2D eigenvalue weighted by molar-refractivity contribution is -0.125. The van der Waals surface area contributed by atoms with Crippen molar-refractivity contribution in [2.75, 3.05) is 37.6 Å². The summed E-state index contributed by atoms with van der Waals surface area (Å²) in [7, 11) is 0. The molecule has 1 amide bonds. The molecule has 1 unspecified atom stereocenters. The van der Waals surface area contributed by atoms with Crippen LogP contribution in [0.3, 0.4) is 0 Å². The Morgan fingerprint density at radius 1 is 1.29 bits per heavy atom. The summed E-state index contributed by atoms with van der Waals surface area (Å²) in [5.41, 5.74) is 6.26. The molecular weight excluding hydrogens is 264 g/mol. The van der Waals surface area contributed by atoms with E-state index in [1.807, 2.05) is 6.92 Å². The van der Waals surface area contributed by atoms with E-state index in [1.54, 1.807) is 0 Å². The number of nitrogens with one attached hydrogen (secondary N) is 1. The van der Waals surface area contributed by atoms with Crippen LogP contribution in [0.4, 0.5) is 5.69 Å². The number of piperazine rings is 1. The molecule has 3 N–H and O–H groups in total. The van der Waals surface area contributed by atoms with Gasteiger partial charge in [0.25, 0.3) is 0 Å². The number of hydrogen-bond acceptors (Lipinski definition) is 4. The van der Waals surface area contributed by atoms with Gasteiger partial charge in [-0.2, -0.15) is 0 Å². The van der Waals surface area contributed by atoms with Crippen molar-refractivity contribution in [1.29, 1.82) is 0 Å². The summed E-state index contributed by atoms with van der Waals surface area (Å²) < 4.78 is 0. The molecule has 0 radical (unpaired) electrons. The minimum absolute atomic E-state index is 0.0674. The Bertz CT molecular complexity index is 495. The maximum Gasteiger partial charge on any atom is 0.237 e. The van der Waals surface area contributed by atoms with Gasteiger partial charge in [-0.25, -0.2) is 5.84 Å². The Morgan fingerprint density at radius 3 is 2.57 bits per heavy atom. The van der Waals surface area contributed by atoms with Crippen molar-refractivity contribution >= 4 is 11.6 Å². The van der Waals surface area contributed by atoms with E-state index in [0.29, 0.717) is 0 Å². The number of amides is 1. The van der Waals surface area contributed by atoms with Crippen LogP contribution in [0.5, 0.6) is 0 Å². The average Bonchev–Trinajstić information content (AvgIpc) is 2.50. The largest absolute Gasteiger partial charge is 0.369 e. The zero-order valence-electron chi connectivity index (χ0n) is 13.2. The van der Waals surface area contributed by atoms with Gasteiger partial charge >= 0.3 is 0 Å². The molecule has 0 aliphatic carbocycles. The Kier molecular flexibility index (Phi) is 5.20. The Balaban J connectivity index is 1.91. The van der Waals surface area contributed by atoms with Crippen LogP contribution in [-0.4, -0.2) is 43.5 Å². The first-order chi connectivity index (χ1) is 10.0. The first-order valence-corrected chi connectivity index (χ1v) is 7.57. The Labute approximate surface area is 127 Å². The minimum Gasteiger partial charge on any atom is -0.369 e. The normalized spacial score (nSPS) is 17.6. The molecule has 1 atom stereocenters. The lowest BCUT2D eigenvalue weighted by Crippen LogP contribution is -2.49. The monoisotopic (exact) mass is 290 g/mol. The Hall–Kier alpha value is -1.59. The zero-order valence-corrected chi connectivity index (χ0v) is 13.2. The van der Waals surface area contributed by atoms with Crippen molar-refractivity contribution in [3.63, 3.8) is 0 Å². The van der Waals surface area contributed by atoms with Crippen molar-refractivity contribution in [1.82, 2.24) is 10.3 Å². The Morgan fingerprint density at radius 2 is 1.95 bits per heavy atom. The topological polar surface area (TPSA) is 61.6 Å². The van der Waals surface area contributed by atoms with Gasteiger partial charge in [0.05, 0.1) is 0 Å². The maximum atomic E-state index is 11.5. The van der Waals surface area contributed by atoms with E-state index in [2.05, 4.69) is 47.3 Å². The number of hydrogen-bond donors (Lipinski definition) is 2. The molecule has 1 fully saturated rings. The summed E-state index contributed by atoms with van der Waals surface area (Å²) in [6.07, 6.45) is 0. The van der Waals surface area contributed by atoms with Crippen molar-refractivity contribution in [2.45, 2.75) is 20.8 Å². The molecule has 1 aliphatic rings. The highest BCUT2D eigenvalue weighted by molar-refractivity contribution is 5.77. The average molecular weight is 290 g/mol. The van der Waals surface area contributed by atoms with Crippen LogP contribution >= 0.6 is 0 Å². The number of carbonyl (C=O) groups is 1. The first kappa shape index (κ1) is 15.8. The molecule has 0 bridgehead atoms. The van der Waals surface area contributed by atoms with E-state index in [4.69, 9.17) is 5.84 Å². The van der Waals surface area contributed by atoms with Gasteiger partial charge in [0.15, 0.2) is 0 Å². The van der Waals surface area contributed by atoms with Crippen LogP contribution in [0, 0.1) is 19.8 Å². The second kappa shape index (κ2) is 6.91. The molecule has 1 aromatic carbocycles. The molecule has 5 nitrogen and oxygen atoms in total.